The second-order valence-electron chi connectivity index (χ2n) is 4.57. The van der Waals surface area contributed by atoms with E-state index in [9.17, 15) is 8.78 Å². The second-order valence-corrected chi connectivity index (χ2v) is 6.10. The van der Waals surface area contributed by atoms with E-state index in [1.807, 2.05) is 18.2 Å². The van der Waals surface area contributed by atoms with Crippen LogP contribution in [0.3, 0.4) is 0 Å². The van der Waals surface area contributed by atoms with Gasteiger partial charge >= 0.3 is 0 Å². The quantitative estimate of drug-likeness (QED) is 0.481. The highest BCUT2D eigenvalue weighted by Crippen LogP contribution is 2.23. The summed E-state index contributed by atoms with van der Waals surface area (Å²) >= 11 is 7.49. The lowest BCUT2D eigenvalue weighted by Crippen LogP contribution is -2.38. The molecule has 0 aliphatic rings. The van der Waals surface area contributed by atoms with E-state index in [1.165, 1.54) is 12.1 Å². The topological polar surface area (TPSA) is 38.0 Å². The van der Waals surface area contributed by atoms with Gasteiger partial charge in [-0.15, -0.1) is 11.8 Å². The molecule has 21 heavy (non-hydrogen) atoms. The van der Waals surface area contributed by atoms with Crippen LogP contribution in [-0.2, 0) is 6.42 Å². The van der Waals surface area contributed by atoms with Gasteiger partial charge in [0.05, 0.1) is 0 Å². The Morgan fingerprint density at radius 3 is 2.67 bits per heavy atom. The summed E-state index contributed by atoms with van der Waals surface area (Å²) in [6.45, 7) is 0. The summed E-state index contributed by atoms with van der Waals surface area (Å²) in [6, 6.07) is 10.9. The zero-order valence-electron chi connectivity index (χ0n) is 11.2. The monoisotopic (exact) mass is 328 g/mol. The fourth-order valence-electron chi connectivity index (χ4n) is 1.87. The number of halogens is 3. The molecule has 0 aliphatic heterocycles. The van der Waals surface area contributed by atoms with Crippen LogP contribution in [0.15, 0.2) is 47.4 Å². The molecular formula is C15H15ClF2N2S. The zero-order chi connectivity index (χ0) is 15.2. The molecule has 112 valence electrons. The predicted octanol–water partition coefficient (Wildman–Crippen LogP) is 3.78. The SMILES string of the molecule is NNC(CSc1cccc(Cl)c1)Cc1ccc(F)cc1F. The van der Waals surface area contributed by atoms with Crippen molar-refractivity contribution in [3.8, 4) is 0 Å². The van der Waals surface area contributed by atoms with Gasteiger partial charge < -0.3 is 0 Å². The molecule has 0 fully saturated rings. The first-order valence-electron chi connectivity index (χ1n) is 6.37. The Kier molecular flexibility index (Phi) is 5.99. The van der Waals surface area contributed by atoms with Crippen LogP contribution < -0.4 is 11.3 Å². The third kappa shape index (κ3) is 4.97. The molecule has 2 aromatic rings. The molecule has 0 saturated heterocycles. The summed E-state index contributed by atoms with van der Waals surface area (Å²) in [5.41, 5.74) is 3.10. The summed E-state index contributed by atoms with van der Waals surface area (Å²) < 4.78 is 26.5. The first-order chi connectivity index (χ1) is 10.1. The second kappa shape index (κ2) is 7.75. The largest absolute Gasteiger partial charge is 0.271 e. The van der Waals surface area contributed by atoms with E-state index in [2.05, 4.69) is 5.43 Å². The highest BCUT2D eigenvalue weighted by Gasteiger charge is 2.12. The van der Waals surface area contributed by atoms with Crippen molar-refractivity contribution in [2.45, 2.75) is 17.4 Å². The predicted molar refractivity (Wildman–Crippen MR) is 83.3 cm³/mol. The molecule has 2 rings (SSSR count). The summed E-state index contributed by atoms with van der Waals surface area (Å²) in [6.07, 6.45) is 0.385. The normalized spacial score (nSPS) is 12.4. The van der Waals surface area contributed by atoms with Crippen LogP contribution in [0.1, 0.15) is 5.56 Å². The van der Waals surface area contributed by atoms with Crippen molar-refractivity contribution < 1.29 is 8.78 Å². The van der Waals surface area contributed by atoms with Crippen molar-refractivity contribution >= 4 is 23.4 Å². The summed E-state index contributed by atoms with van der Waals surface area (Å²) in [5, 5.41) is 0.668. The minimum Gasteiger partial charge on any atom is -0.271 e. The van der Waals surface area contributed by atoms with Crippen molar-refractivity contribution in [2.75, 3.05) is 5.75 Å². The molecule has 0 aromatic heterocycles. The van der Waals surface area contributed by atoms with E-state index >= 15 is 0 Å². The standard InChI is InChI=1S/C15H15ClF2N2S/c16-11-2-1-3-14(7-11)21-9-13(20-19)6-10-4-5-12(17)8-15(10)18/h1-5,7-8,13,20H,6,9,19H2. The Morgan fingerprint density at radius 2 is 2.00 bits per heavy atom. The third-order valence-electron chi connectivity index (χ3n) is 2.96. The van der Waals surface area contributed by atoms with Crippen molar-refractivity contribution in [1.29, 1.82) is 0 Å². The number of thioether (sulfide) groups is 1. The summed E-state index contributed by atoms with van der Waals surface area (Å²) in [5.74, 6) is 5.02. The van der Waals surface area contributed by atoms with Gasteiger partial charge in [0, 0.05) is 27.8 Å². The summed E-state index contributed by atoms with van der Waals surface area (Å²) in [7, 11) is 0. The molecular weight excluding hydrogens is 314 g/mol. The van der Waals surface area contributed by atoms with Crippen molar-refractivity contribution in [2.24, 2.45) is 5.84 Å². The van der Waals surface area contributed by atoms with Gasteiger partial charge in [0.15, 0.2) is 0 Å². The Bertz CT molecular complexity index is 610. The van der Waals surface area contributed by atoms with Crippen LogP contribution >= 0.6 is 23.4 Å². The van der Waals surface area contributed by atoms with Crippen molar-refractivity contribution in [3.05, 3.63) is 64.7 Å². The molecule has 0 spiro atoms. The highest BCUT2D eigenvalue weighted by atomic mass is 35.5. The van der Waals surface area contributed by atoms with E-state index < -0.39 is 11.6 Å². The molecule has 0 amide bonds. The van der Waals surface area contributed by atoms with Gasteiger partial charge in [-0.05, 0) is 36.2 Å². The van der Waals surface area contributed by atoms with Crippen molar-refractivity contribution in [3.63, 3.8) is 0 Å². The van der Waals surface area contributed by atoms with Gasteiger partial charge in [-0.25, -0.2) is 8.78 Å². The molecule has 0 heterocycles. The molecule has 1 atom stereocenters. The van der Waals surface area contributed by atoms with Crippen LogP contribution in [0.5, 0.6) is 0 Å². The number of rotatable bonds is 6. The molecule has 0 bridgehead atoms. The van der Waals surface area contributed by atoms with E-state index in [1.54, 1.807) is 17.8 Å². The van der Waals surface area contributed by atoms with E-state index in [0.717, 1.165) is 11.0 Å². The Balaban J connectivity index is 1.97. The molecule has 6 heteroatoms. The van der Waals surface area contributed by atoms with Crippen LogP contribution in [0.4, 0.5) is 8.78 Å². The van der Waals surface area contributed by atoms with Crippen molar-refractivity contribution in [1.82, 2.24) is 5.43 Å². The third-order valence-corrected chi connectivity index (χ3v) is 4.36. The Labute approximate surface area is 131 Å². The van der Waals surface area contributed by atoms with Crippen LogP contribution in [0.2, 0.25) is 5.02 Å². The number of nitrogens with one attached hydrogen (secondary N) is 1. The molecule has 1 unspecified atom stereocenters. The minimum absolute atomic E-state index is 0.131. The molecule has 2 nitrogen and oxygen atoms in total. The molecule has 0 aliphatic carbocycles. The minimum atomic E-state index is -0.582. The lowest BCUT2D eigenvalue weighted by Gasteiger charge is -2.16. The Hall–Kier alpha value is -1.14. The number of hydrazine groups is 1. The van der Waals surface area contributed by atoms with Gasteiger partial charge in [-0.3, -0.25) is 11.3 Å². The zero-order valence-corrected chi connectivity index (χ0v) is 12.7. The first-order valence-corrected chi connectivity index (χ1v) is 7.73. The lowest BCUT2D eigenvalue weighted by atomic mass is 10.1. The van der Waals surface area contributed by atoms with E-state index in [0.29, 0.717) is 22.8 Å². The number of nitrogens with two attached hydrogens (primary N) is 1. The molecule has 3 N–H and O–H groups in total. The van der Waals surface area contributed by atoms with Gasteiger partial charge in [0.2, 0.25) is 0 Å². The van der Waals surface area contributed by atoms with Crippen LogP contribution in [0, 0.1) is 11.6 Å². The average Bonchev–Trinajstić information content (AvgIpc) is 2.45. The maximum Gasteiger partial charge on any atom is 0.129 e. The van der Waals surface area contributed by atoms with Crippen LogP contribution in [-0.4, -0.2) is 11.8 Å². The lowest BCUT2D eigenvalue weighted by molar-refractivity contribution is 0.536. The summed E-state index contributed by atoms with van der Waals surface area (Å²) in [4.78, 5) is 1.02. The average molecular weight is 329 g/mol. The van der Waals surface area contributed by atoms with Gasteiger partial charge in [-0.2, -0.15) is 0 Å². The highest BCUT2D eigenvalue weighted by molar-refractivity contribution is 7.99. The van der Waals surface area contributed by atoms with E-state index in [4.69, 9.17) is 17.4 Å². The number of hydrogen-bond acceptors (Lipinski definition) is 3. The number of benzene rings is 2. The molecule has 2 aromatic carbocycles. The molecule has 0 saturated carbocycles. The Morgan fingerprint density at radius 1 is 1.19 bits per heavy atom. The number of hydrogen-bond donors (Lipinski definition) is 2. The molecule has 0 radical (unpaired) electrons. The maximum atomic E-state index is 13.6. The fraction of sp³-hybridized carbons (Fsp3) is 0.200. The van der Waals surface area contributed by atoms with E-state index in [-0.39, 0.29) is 6.04 Å². The van der Waals surface area contributed by atoms with Gasteiger partial charge in [0.25, 0.3) is 0 Å². The van der Waals surface area contributed by atoms with Crippen LogP contribution in [0.25, 0.3) is 0 Å². The van der Waals surface area contributed by atoms with Gasteiger partial charge in [-0.1, -0.05) is 23.7 Å². The van der Waals surface area contributed by atoms with Gasteiger partial charge in [0.1, 0.15) is 11.6 Å². The first kappa shape index (κ1) is 16.2. The maximum absolute atomic E-state index is 13.6. The smallest absolute Gasteiger partial charge is 0.129 e. The fourth-order valence-corrected chi connectivity index (χ4v) is 3.12.